The Labute approximate surface area is 159 Å². The van der Waals surface area contributed by atoms with Gasteiger partial charge in [0.05, 0.1) is 0 Å². The third-order valence-electron chi connectivity index (χ3n) is 5.27. The van der Waals surface area contributed by atoms with Crippen molar-refractivity contribution >= 4 is 6.08 Å². The summed E-state index contributed by atoms with van der Waals surface area (Å²) in [7, 11) is 0. The van der Waals surface area contributed by atoms with E-state index in [-0.39, 0.29) is 11.6 Å². The predicted molar refractivity (Wildman–Crippen MR) is 100 cm³/mol. The monoisotopic (exact) mass is 375 g/mol. The van der Waals surface area contributed by atoms with Gasteiger partial charge in [0, 0.05) is 23.1 Å². The zero-order chi connectivity index (χ0) is 19.1. The number of fused-ring (bicyclic) bond motifs is 1. The minimum Gasteiger partial charge on any atom is -0.451 e. The molecule has 0 unspecified atom stereocenters. The van der Waals surface area contributed by atoms with E-state index in [2.05, 4.69) is 21.3 Å². The van der Waals surface area contributed by atoms with Gasteiger partial charge in [0.1, 0.15) is 29.3 Å². The quantitative estimate of drug-likeness (QED) is 0.554. The first-order valence-electron chi connectivity index (χ1n) is 8.83. The van der Waals surface area contributed by atoms with Gasteiger partial charge in [-0.3, -0.25) is 5.10 Å². The number of rotatable bonds is 3. The number of benzene rings is 2. The van der Waals surface area contributed by atoms with Gasteiger partial charge < -0.3 is 4.42 Å². The number of hydrogen-bond acceptors (Lipinski definition) is 3. The molecule has 5 rings (SSSR count). The molecule has 0 bridgehead atoms. The van der Waals surface area contributed by atoms with Crippen LogP contribution in [0.5, 0.6) is 0 Å². The zero-order valence-corrected chi connectivity index (χ0v) is 14.7. The molecule has 2 heterocycles. The minimum absolute atomic E-state index is 0.298. The van der Waals surface area contributed by atoms with E-state index >= 15 is 0 Å². The van der Waals surface area contributed by atoms with E-state index in [0.717, 1.165) is 22.4 Å². The molecule has 0 amide bonds. The maximum atomic E-state index is 13.5. The van der Waals surface area contributed by atoms with Gasteiger partial charge in [-0.1, -0.05) is 36.4 Å². The number of hydrogen-bond donors (Lipinski definition) is 1. The normalized spacial score (nSPS) is 14.8. The van der Waals surface area contributed by atoms with Crippen molar-refractivity contribution < 1.29 is 13.2 Å². The van der Waals surface area contributed by atoms with Crippen molar-refractivity contribution in [1.82, 2.24) is 15.2 Å². The Morgan fingerprint density at radius 3 is 2.14 bits per heavy atom. The molecule has 0 spiro atoms. The predicted octanol–water partition coefficient (Wildman–Crippen LogP) is 4.90. The number of allylic oxidation sites excluding steroid dienone is 1. The maximum absolute atomic E-state index is 13.5. The van der Waals surface area contributed by atoms with Crippen LogP contribution in [0.1, 0.15) is 22.4 Å². The summed E-state index contributed by atoms with van der Waals surface area (Å²) in [5, 5.41) is 7.50. The van der Waals surface area contributed by atoms with E-state index in [1.165, 1.54) is 30.7 Å². The Morgan fingerprint density at radius 1 is 0.929 bits per heavy atom. The summed E-state index contributed by atoms with van der Waals surface area (Å²) in [6.45, 7) is 0. The van der Waals surface area contributed by atoms with Crippen molar-refractivity contribution in [2.24, 2.45) is 0 Å². The number of aromatic nitrogens is 3. The highest BCUT2D eigenvalue weighted by Gasteiger charge is 2.37. The highest BCUT2D eigenvalue weighted by Crippen LogP contribution is 2.42. The number of aromatic amines is 1. The fourth-order valence-electron chi connectivity index (χ4n) is 3.85. The SMILES string of the molecule is Fc1ccc(C2(c3ccc(F)cc3)C=Cc3c(-c4cocn4)n[nH]c3C2)cc1. The van der Waals surface area contributed by atoms with Gasteiger partial charge in [-0.2, -0.15) is 5.10 Å². The Hall–Kier alpha value is -3.54. The van der Waals surface area contributed by atoms with Gasteiger partial charge in [0.2, 0.25) is 0 Å². The van der Waals surface area contributed by atoms with E-state index < -0.39 is 5.41 Å². The largest absolute Gasteiger partial charge is 0.451 e. The van der Waals surface area contributed by atoms with Gasteiger partial charge in [-0.15, -0.1) is 0 Å². The van der Waals surface area contributed by atoms with Crippen LogP contribution in [0.2, 0.25) is 0 Å². The van der Waals surface area contributed by atoms with Crippen molar-refractivity contribution in [1.29, 1.82) is 0 Å². The first kappa shape index (κ1) is 16.6. The van der Waals surface area contributed by atoms with E-state index in [9.17, 15) is 8.78 Å². The first-order chi connectivity index (χ1) is 13.7. The van der Waals surface area contributed by atoms with Crippen LogP contribution in [0.15, 0.2) is 71.7 Å². The summed E-state index contributed by atoms with van der Waals surface area (Å²) in [5.41, 5.74) is 4.50. The van der Waals surface area contributed by atoms with Crippen LogP contribution in [0.4, 0.5) is 8.78 Å². The number of nitrogens with one attached hydrogen (secondary N) is 1. The van der Waals surface area contributed by atoms with E-state index in [4.69, 9.17) is 4.42 Å². The molecule has 138 valence electrons. The highest BCUT2D eigenvalue weighted by molar-refractivity contribution is 5.74. The molecular formula is C22H15F2N3O. The standard InChI is InChI=1S/C22H15F2N3O/c23-16-5-1-14(2-6-16)22(15-3-7-17(24)8-4-15)10-9-18-19(11-22)26-27-21(18)20-12-28-13-25-20/h1-10,12-13H,11H2,(H,26,27). The lowest BCUT2D eigenvalue weighted by molar-refractivity contribution is 0.558. The van der Waals surface area contributed by atoms with Gasteiger partial charge in [0.25, 0.3) is 0 Å². The molecule has 0 saturated heterocycles. The van der Waals surface area contributed by atoms with Crippen LogP contribution in [-0.2, 0) is 11.8 Å². The molecule has 28 heavy (non-hydrogen) atoms. The molecule has 1 aliphatic rings. The van der Waals surface area contributed by atoms with Crippen LogP contribution < -0.4 is 0 Å². The van der Waals surface area contributed by atoms with E-state index in [0.29, 0.717) is 17.8 Å². The fraction of sp³-hybridized carbons (Fsp3) is 0.0909. The number of nitrogens with zero attached hydrogens (tertiary/aromatic N) is 2. The molecule has 1 N–H and O–H groups in total. The Morgan fingerprint density at radius 2 is 1.57 bits per heavy atom. The summed E-state index contributed by atoms with van der Waals surface area (Å²) in [6, 6.07) is 12.8. The Balaban J connectivity index is 1.66. The topological polar surface area (TPSA) is 54.7 Å². The molecular weight excluding hydrogens is 360 g/mol. The van der Waals surface area contributed by atoms with Gasteiger partial charge in [-0.05, 0) is 35.4 Å². The number of H-pyrrole nitrogens is 1. The smallest absolute Gasteiger partial charge is 0.181 e. The van der Waals surface area contributed by atoms with Crippen molar-refractivity contribution in [2.45, 2.75) is 11.8 Å². The third kappa shape index (κ3) is 2.57. The summed E-state index contributed by atoms with van der Waals surface area (Å²) < 4.78 is 32.1. The minimum atomic E-state index is -0.567. The highest BCUT2D eigenvalue weighted by atomic mass is 19.1. The van der Waals surface area contributed by atoms with Crippen LogP contribution in [0.3, 0.4) is 0 Å². The average molecular weight is 375 g/mol. The van der Waals surface area contributed by atoms with Crippen molar-refractivity contribution in [3.05, 3.63) is 101 Å². The second-order valence-corrected chi connectivity index (χ2v) is 6.83. The first-order valence-corrected chi connectivity index (χ1v) is 8.83. The Bertz CT molecular complexity index is 1100. The lowest BCUT2D eigenvalue weighted by Crippen LogP contribution is -2.30. The van der Waals surface area contributed by atoms with Crippen LogP contribution >= 0.6 is 0 Å². The lowest BCUT2D eigenvalue weighted by Gasteiger charge is -2.34. The van der Waals surface area contributed by atoms with E-state index in [1.807, 2.05) is 6.08 Å². The van der Waals surface area contributed by atoms with Gasteiger partial charge in [0.15, 0.2) is 6.39 Å². The molecule has 6 heteroatoms. The fourth-order valence-corrected chi connectivity index (χ4v) is 3.85. The van der Waals surface area contributed by atoms with Crippen LogP contribution in [-0.4, -0.2) is 15.2 Å². The molecule has 1 aliphatic carbocycles. The summed E-state index contributed by atoms with van der Waals surface area (Å²) >= 11 is 0. The molecule has 4 aromatic rings. The third-order valence-corrected chi connectivity index (χ3v) is 5.27. The van der Waals surface area contributed by atoms with Gasteiger partial charge in [-0.25, -0.2) is 13.8 Å². The van der Waals surface area contributed by atoms with Crippen molar-refractivity contribution in [3.63, 3.8) is 0 Å². The molecule has 0 aliphatic heterocycles. The molecule has 0 radical (unpaired) electrons. The van der Waals surface area contributed by atoms with Gasteiger partial charge >= 0.3 is 0 Å². The average Bonchev–Trinajstić information content (AvgIpc) is 3.38. The Kier molecular flexibility index (Phi) is 3.72. The zero-order valence-electron chi connectivity index (χ0n) is 14.7. The number of halogens is 2. The number of oxazole rings is 1. The molecule has 0 saturated carbocycles. The lowest BCUT2D eigenvalue weighted by atomic mass is 9.68. The molecule has 0 atom stereocenters. The molecule has 4 nitrogen and oxygen atoms in total. The van der Waals surface area contributed by atoms with Crippen molar-refractivity contribution in [3.8, 4) is 11.4 Å². The van der Waals surface area contributed by atoms with E-state index in [1.54, 1.807) is 30.5 Å². The van der Waals surface area contributed by atoms with Crippen LogP contribution in [0, 0.1) is 11.6 Å². The van der Waals surface area contributed by atoms with Crippen LogP contribution in [0.25, 0.3) is 17.5 Å². The molecule has 0 fully saturated rings. The summed E-state index contributed by atoms with van der Waals surface area (Å²) in [6.07, 6.45) is 7.53. The van der Waals surface area contributed by atoms with Crippen molar-refractivity contribution in [2.75, 3.05) is 0 Å². The maximum Gasteiger partial charge on any atom is 0.181 e. The summed E-state index contributed by atoms with van der Waals surface area (Å²) in [5.74, 6) is -0.596. The second kappa shape index (κ2) is 6.27. The molecule has 2 aromatic heterocycles. The second-order valence-electron chi connectivity index (χ2n) is 6.83. The summed E-state index contributed by atoms with van der Waals surface area (Å²) in [4.78, 5) is 4.17. The molecule has 2 aromatic carbocycles.